The van der Waals surface area contributed by atoms with Gasteiger partial charge in [-0.25, -0.2) is 12.1 Å². The first-order valence-corrected chi connectivity index (χ1v) is 17.9. The average Bonchev–Trinajstić information content (AvgIpc) is 3.48. The zero-order valence-corrected chi connectivity index (χ0v) is 32.2. The molecule has 42 heavy (non-hydrogen) atoms. The maximum absolute atomic E-state index is 10.9. The minimum atomic E-state index is -4.98. The summed E-state index contributed by atoms with van der Waals surface area (Å²) >= 11 is -4.06. The molecule has 0 aliphatic rings. The monoisotopic (exact) mass is 752 g/mol. The summed E-state index contributed by atoms with van der Waals surface area (Å²) in [6, 6.07) is 10.0. The number of nitrogens with zero attached hydrogens (tertiary/aromatic N) is 3. The van der Waals surface area contributed by atoms with Gasteiger partial charge in [0.1, 0.15) is 0 Å². The van der Waals surface area contributed by atoms with E-state index in [1.165, 1.54) is 77.0 Å². The van der Waals surface area contributed by atoms with Crippen LogP contribution in [-0.2, 0) is 26.2 Å². The van der Waals surface area contributed by atoms with E-state index in [0.29, 0.717) is 0 Å². The van der Waals surface area contributed by atoms with E-state index < -0.39 is 25.4 Å². The molecule has 0 unspecified atom stereocenters. The van der Waals surface area contributed by atoms with Gasteiger partial charge in [0.15, 0.2) is 0 Å². The summed E-state index contributed by atoms with van der Waals surface area (Å²) in [5, 5.41) is 3.08. The van der Waals surface area contributed by atoms with Crippen molar-refractivity contribution in [2.45, 2.75) is 129 Å². The van der Waals surface area contributed by atoms with E-state index in [1.54, 1.807) is 0 Å². The van der Waals surface area contributed by atoms with Crippen LogP contribution in [0.3, 0.4) is 0 Å². The van der Waals surface area contributed by atoms with E-state index in [-0.39, 0.29) is 26.2 Å². The van der Waals surface area contributed by atoms with Crippen LogP contribution in [0.2, 0.25) is 0 Å². The predicted octanol–water partition coefficient (Wildman–Crippen LogP) is 11.7. The second-order valence-electron chi connectivity index (χ2n) is 9.32. The van der Waals surface area contributed by atoms with Crippen LogP contribution in [0.5, 0.6) is 0 Å². The quantitative estimate of drug-likeness (QED) is 0.0620. The number of rotatable bonds is 18. The Kier molecular flexibility index (Phi) is 53.5. The van der Waals surface area contributed by atoms with Gasteiger partial charge in [0.05, 0.1) is 0 Å². The third kappa shape index (κ3) is 72.5. The zero-order valence-electron chi connectivity index (χ0n) is 27.3. The van der Waals surface area contributed by atoms with Crippen molar-refractivity contribution in [2.24, 2.45) is 0 Å². The first-order valence-electron chi connectivity index (χ1n) is 15.5. The summed E-state index contributed by atoms with van der Waals surface area (Å²) in [5.74, 6) is 0. The molecule has 249 valence electrons. The van der Waals surface area contributed by atoms with Crippen LogP contribution in [0.15, 0.2) is 30.3 Å². The molecule has 0 aromatic heterocycles. The standard InChI is InChI=1S/3C8H18N.C5H5.C2HF6Ge.Zr/c3*1-3-5-7-9-8-6-4-2;1-2-4-5-3-1;3-1(4,5)9-2(6,7)8;/h3*3-8H2,1-2H3;1-5H;9H;/q4*-1;;+4. The molecule has 0 fully saturated rings. The Morgan fingerprint density at radius 3 is 0.786 bits per heavy atom. The smallest absolute Gasteiger partial charge is 0.214 e. The molecule has 1 rings (SSSR count). The van der Waals surface area contributed by atoms with Gasteiger partial charge < -0.3 is 16.0 Å². The van der Waals surface area contributed by atoms with Crippen LogP contribution in [0.4, 0.5) is 26.3 Å². The SMILES string of the molecule is CCCC[N-]CCCC.CCCC[N-]CCCC.CCCC[N-]CCCC.F[C](F)(F)[GeH][C](F)(F)F.[Zr+4].c1cc[cH-]c1. The predicted molar refractivity (Wildman–Crippen MR) is 170 cm³/mol. The first-order chi connectivity index (χ1) is 19.4. The van der Waals surface area contributed by atoms with E-state index in [4.69, 9.17) is 0 Å². The fourth-order valence-electron chi connectivity index (χ4n) is 2.46. The summed E-state index contributed by atoms with van der Waals surface area (Å²) in [6.45, 7) is 19.7. The van der Waals surface area contributed by atoms with E-state index in [0.717, 1.165) is 39.3 Å². The Hall–Kier alpha value is 0.236. The molecule has 0 heterocycles. The maximum Gasteiger partial charge on any atom is 4.00 e. The Labute approximate surface area is 280 Å². The average molecular weight is 753 g/mol. The fourth-order valence-corrected chi connectivity index (χ4v) is 3.24. The molecule has 3 nitrogen and oxygen atoms in total. The van der Waals surface area contributed by atoms with Gasteiger partial charge in [-0.3, -0.25) is 0 Å². The van der Waals surface area contributed by atoms with Gasteiger partial charge in [0, 0.05) is 0 Å². The van der Waals surface area contributed by atoms with E-state index in [9.17, 15) is 26.3 Å². The molecule has 0 atom stereocenters. The largest absolute Gasteiger partial charge is 4.00 e. The Bertz CT molecular complexity index is 453. The van der Waals surface area contributed by atoms with Crippen LogP contribution < -0.4 is 0 Å². The van der Waals surface area contributed by atoms with Crippen molar-refractivity contribution in [2.75, 3.05) is 39.3 Å². The van der Waals surface area contributed by atoms with Gasteiger partial charge in [-0.05, 0) is 0 Å². The first kappa shape index (κ1) is 51.8. The molecule has 0 saturated carbocycles. The summed E-state index contributed by atoms with van der Waals surface area (Å²) in [4.78, 5) is 0. The Morgan fingerprint density at radius 2 is 0.690 bits per heavy atom. The maximum atomic E-state index is 10.9. The third-order valence-corrected chi connectivity index (χ3v) is 6.28. The molecule has 0 aliphatic carbocycles. The van der Waals surface area contributed by atoms with Crippen LogP contribution in [0.1, 0.15) is 119 Å². The van der Waals surface area contributed by atoms with Gasteiger partial charge in [0.25, 0.3) is 0 Å². The zero-order chi connectivity index (χ0) is 32.1. The molecule has 0 aliphatic heterocycles. The third-order valence-electron chi connectivity index (χ3n) is 4.90. The van der Waals surface area contributed by atoms with E-state index in [2.05, 4.69) is 57.5 Å². The van der Waals surface area contributed by atoms with Crippen molar-refractivity contribution in [3.63, 3.8) is 0 Å². The molecule has 0 amide bonds. The van der Waals surface area contributed by atoms with Crippen molar-refractivity contribution < 1.29 is 52.5 Å². The van der Waals surface area contributed by atoms with Gasteiger partial charge in [-0.2, -0.15) is 18.2 Å². The minimum absolute atomic E-state index is 0. The van der Waals surface area contributed by atoms with Crippen molar-refractivity contribution in [1.82, 2.24) is 0 Å². The van der Waals surface area contributed by atoms with Gasteiger partial charge in [-0.15, -0.1) is 39.3 Å². The number of halogens is 6. The van der Waals surface area contributed by atoms with Crippen LogP contribution in [0.25, 0.3) is 16.0 Å². The molecule has 0 N–H and O–H groups in total. The summed E-state index contributed by atoms with van der Waals surface area (Å²) in [6.07, 6.45) is 15.2. The molecule has 0 saturated heterocycles. The minimum Gasteiger partial charge on any atom is -0.214 e. The van der Waals surface area contributed by atoms with E-state index >= 15 is 0 Å². The fraction of sp³-hybridized carbons (Fsp3) is 0.839. The summed E-state index contributed by atoms with van der Waals surface area (Å²) in [7, 11) is 0. The number of unbranched alkanes of at least 4 members (excludes halogenated alkanes) is 6. The molecular formula is C31H60F6GeN3Zr. The van der Waals surface area contributed by atoms with Gasteiger partial charge in [0.2, 0.25) is 0 Å². The van der Waals surface area contributed by atoms with Crippen molar-refractivity contribution in [3.8, 4) is 0 Å². The van der Waals surface area contributed by atoms with Crippen LogP contribution in [-0.4, -0.2) is 64.7 Å². The number of hydrogen-bond donors (Lipinski definition) is 0. The molecule has 1 aromatic rings. The van der Waals surface area contributed by atoms with Crippen molar-refractivity contribution in [1.29, 1.82) is 0 Å². The molecule has 1 aromatic carbocycles. The van der Waals surface area contributed by atoms with E-state index in [1.807, 2.05) is 30.3 Å². The van der Waals surface area contributed by atoms with Crippen LogP contribution >= 0.6 is 0 Å². The molecule has 1 radical (unpaired) electrons. The number of hydrogen-bond acceptors (Lipinski definition) is 0. The topological polar surface area (TPSA) is 42.3 Å². The van der Waals surface area contributed by atoms with Gasteiger partial charge in [-0.1, -0.05) is 119 Å². The second-order valence-corrected chi connectivity index (χ2v) is 12.7. The Balaban J connectivity index is -0.000000136. The molecular weight excluding hydrogens is 692 g/mol. The van der Waals surface area contributed by atoms with Crippen LogP contribution in [0, 0.1) is 0 Å². The normalized spacial score (nSPS) is 10.4. The molecule has 11 heteroatoms. The number of alkyl halides is 6. The second kappa shape index (κ2) is 43.4. The molecule has 0 spiro atoms. The van der Waals surface area contributed by atoms with Crippen molar-refractivity contribution in [3.05, 3.63) is 46.3 Å². The summed E-state index contributed by atoms with van der Waals surface area (Å²) < 4.78 is 65.4. The van der Waals surface area contributed by atoms with Crippen molar-refractivity contribution >= 4 is 15.4 Å². The summed E-state index contributed by atoms with van der Waals surface area (Å²) in [5.41, 5.74) is 0. The molecule has 0 bridgehead atoms. The Morgan fingerprint density at radius 1 is 0.476 bits per heavy atom. The van der Waals surface area contributed by atoms with Gasteiger partial charge >= 0.3 is 78.0 Å².